The van der Waals surface area contributed by atoms with Crippen molar-refractivity contribution in [3.05, 3.63) is 93.0 Å². The van der Waals surface area contributed by atoms with Crippen molar-refractivity contribution in [1.29, 1.82) is 0 Å². The van der Waals surface area contributed by atoms with E-state index in [9.17, 15) is 9.18 Å². The minimum absolute atomic E-state index is 0.147. The lowest BCUT2D eigenvalue weighted by Gasteiger charge is -2.18. The van der Waals surface area contributed by atoms with E-state index in [1.54, 1.807) is 18.3 Å². The molecule has 0 bridgehead atoms. The molecule has 0 saturated heterocycles. The van der Waals surface area contributed by atoms with Gasteiger partial charge >= 0.3 is 0 Å². The van der Waals surface area contributed by atoms with E-state index in [1.165, 1.54) is 12.1 Å². The van der Waals surface area contributed by atoms with Gasteiger partial charge in [0.1, 0.15) is 10.4 Å². The first-order chi connectivity index (χ1) is 14.5. The Morgan fingerprint density at radius 2 is 1.90 bits per heavy atom. The van der Waals surface area contributed by atoms with E-state index >= 15 is 0 Å². The molecule has 1 N–H and O–H groups in total. The summed E-state index contributed by atoms with van der Waals surface area (Å²) in [5, 5.41) is 3.94. The number of carbonyl (C=O) groups excluding carboxylic acids is 1. The lowest BCUT2D eigenvalue weighted by molar-refractivity contribution is 0.0937. The van der Waals surface area contributed by atoms with E-state index in [1.807, 2.05) is 48.0 Å². The molecule has 2 aromatic carbocycles. The van der Waals surface area contributed by atoms with Crippen LogP contribution in [0.25, 0.3) is 16.6 Å². The third-order valence-electron chi connectivity index (χ3n) is 4.99. The molecule has 0 aliphatic heterocycles. The number of benzene rings is 2. The molecule has 0 spiro atoms. The van der Waals surface area contributed by atoms with Gasteiger partial charge in [-0.3, -0.25) is 4.79 Å². The number of nitrogens with one attached hydrogen (secondary N) is 1. The van der Waals surface area contributed by atoms with Crippen molar-refractivity contribution in [3.63, 3.8) is 0 Å². The molecule has 30 heavy (non-hydrogen) atoms. The van der Waals surface area contributed by atoms with Crippen molar-refractivity contribution in [3.8, 4) is 5.69 Å². The Labute approximate surface area is 190 Å². The molecule has 4 aromatic rings. The van der Waals surface area contributed by atoms with Crippen molar-refractivity contribution in [2.24, 2.45) is 0 Å². The topological polar surface area (TPSA) is 46.9 Å². The maximum Gasteiger partial charge on any atom is 0.252 e. The first-order valence-electron chi connectivity index (χ1n) is 9.45. The molecular weight excluding hydrogens is 513 g/mol. The first kappa shape index (κ1) is 20.8. The smallest absolute Gasteiger partial charge is 0.252 e. The van der Waals surface area contributed by atoms with Gasteiger partial charge in [-0.2, -0.15) is 0 Å². The summed E-state index contributed by atoms with van der Waals surface area (Å²) in [5.41, 5.74) is 3.20. The van der Waals surface area contributed by atoms with Gasteiger partial charge < -0.3 is 9.88 Å². The molecule has 1 unspecified atom stereocenters. The Hall–Kier alpha value is -2.51. The summed E-state index contributed by atoms with van der Waals surface area (Å²) >= 11 is 6.86. The second-order valence-corrected chi connectivity index (χ2v) is 8.63. The standard InChI is InChI=1S/C23H18Br2FN3O/c1-2-20(14-3-8-22(25)27-13-14)28-23(30)19-11-15(24)12-21-18(19)9-10-29(21)17-6-4-16(26)5-7-17/h3-13,20H,2H2,1H3,(H,28,30). The second kappa shape index (κ2) is 8.70. The summed E-state index contributed by atoms with van der Waals surface area (Å²) in [6.45, 7) is 2.02. The number of pyridine rings is 1. The average Bonchev–Trinajstić information content (AvgIpc) is 3.16. The Balaban J connectivity index is 1.70. The molecule has 152 valence electrons. The van der Waals surface area contributed by atoms with E-state index in [-0.39, 0.29) is 17.8 Å². The SMILES string of the molecule is CCC(NC(=O)c1cc(Br)cc2c1ccn2-c1ccc(F)cc1)c1ccc(Br)nc1. The summed E-state index contributed by atoms with van der Waals surface area (Å²) in [4.78, 5) is 17.5. The van der Waals surface area contributed by atoms with Crippen LogP contribution in [0, 0.1) is 5.82 Å². The van der Waals surface area contributed by atoms with E-state index in [4.69, 9.17) is 0 Å². The van der Waals surface area contributed by atoms with Gasteiger partial charge in [0.15, 0.2) is 0 Å². The van der Waals surface area contributed by atoms with Crippen LogP contribution in [0.2, 0.25) is 0 Å². The number of amides is 1. The zero-order valence-corrected chi connectivity index (χ0v) is 19.2. The minimum Gasteiger partial charge on any atom is -0.345 e. The van der Waals surface area contributed by atoms with Gasteiger partial charge in [-0.05, 0) is 76.4 Å². The molecule has 7 heteroatoms. The van der Waals surface area contributed by atoms with Crippen LogP contribution in [0.3, 0.4) is 0 Å². The van der Waals surface area contributed by atoms with Gasteiger partial charge in [-0.1, -0.05) is 28.9 Å². The number of fused-ring (bicyclic) bond motifs is 1. The summed E-state index contributed by atoms with van der Waals surface area (Å²) in [7, 11) is 0. The number of rotatable bonds is 5. The number of hydrogen-bond donors (Lipinski definition) is 1. The van der Waals surface area contributed by atoms with Gasteiger partial charge in [0, 0.05) is 33.5 Å². The highest BCUT2D eigenvalue weighted by Gasteiger charge is 2.19. The predicted octanol–water partition coefficient (Wildman–Crippen LogP) is 6.57. The van der Waals surface area contributed by atoms with Crippen LogP contribution in [-0.4, -0.2) is 15.5 Å². The number of nitrogens with zero attached hydrogens (tertiary/aromatic N) is 2. The average molecular weight is 531 g/mol. The van der Waals surface area contributed by atoms with E-state index in [0.717, 1.165) is 37.7 Å². The molecular formula is C23H18Br2FN3O. The fourth-order valence-corrected chi connectivity index (χ4v) is 4.15. The van der Waals surface area contributed by atoms with E-state index in [0.29, 0.717) is 5.56 Å². The van der Waals surface area contributed by atoms with Crippen molar-refractivity contribution < 1.29 is 9.18 Å². The summed E-state index contributed by atoms with van der Waals surface area (Å²) < 4.78 is 16.8. The molecule has 1 amide bonds. The molecule has 4 nitrogen and oxygen atoms in total. The molecule has 1 atom stereocenters. The first-order valence-corrected chi connectivity index (χ1v) is 11.0. The zero-order chi connectivity index (χ0) is 21.3. The quantitative estimate of drug-likeness (QED) is 0.296. The third-order valence-corrected chi connectivity index (χ3v) is 5.92. The second-order valence-electron chi connectivity index (χ2n) is 6.90. The lowest BCUT2D eigenvalue weighted by atomic mass is 10.0. The molecule has 0 saturated carbocycles. The van der Waals surface area contributed by atoms with Gasteiger partial charge in [-0.15, -0.1) is 0 Å². The van der Waals surface area contributed by atoms with Gasteiger partial charge in [-0.25, -0.2) is 9.37 Å². The van der Waals surface area contributed by atoms with Crippen molar-refractivity contribution >= 4 is 48.7 Å². The molecule has 0 fully saturated rings. The van der Waals surface area contributed by atoms with Crippen LogP contribution in [0.1, 0.15) is 35.3 Å². The van der Waals surface area contributed by atoms with Crippen LogP contribution in [0.5, 0.6) is 0 Å². The monoisotopic (exact) mass is 529 g/mol. The van der Waals surface area contributed by atoms with Crippen LogP contribution in [-0.2, 0) is 0 Å². The van der Waals surface area contributed by atoms with Crippen molar-refractivity contribution in [2.75, 3.05) is 0 Å². The molecule has 2 aromatic heterocycles. The highest BCUT2D eigenvalue weighted by Crippen LogP contribution is 2.29. The fraction of sp³-hybridized carbons (Fsp3) is 0.130. The molecule has 0 radical (unpaired) electrons. The highest BCUT2D eigenvalue weighted by molar-refractivity contribution is 9.10. The highest BCUT2D eigenvalue weighted by atomic mass is 79.9. The number of carbonyl (C=O) groups is 1. The maximum atomic E-state index is 13.3. The van der Waals surface area contributed by atoms with E-state index in [2.05, 4.69) is 42.2 Å². The zero-order valence-electron chi connectivity index (χ0n) is 16.1. The normalized spacial score (nSPS) is 12.1. The Morgan fingerprint density at radius 1 is 1.13 bits per heavy atom. The van der Waals surface area contributed by atoms with Crippen LogP contribution < -0.4 is 5.32 Å². The molecule has 0 aliphatic carbocycles. The van der Waals surface area contributed by atoms with Crippen LogP contribution >= 0.6 is 31.9 Å². The van der Waals surface area contributed by atoms with Gasteiger partial charge in [0.25, 0.3) is 5.91 Å². The van der Waals surface area contributed by atoms with Crippen molar-refractivity contribution in [2.45, 2.75) is 19.4 Å². The lowest BCUT2D eigenvalue weighted by Crippen LogP contribution is -2.28. The number of halogens is 3. The molecule has 4 rings (SSSR count). The largest absolute Gasteiger partial charge is 0.345 e. The number of aromatic nitrogens is 2. The summed E-state index contributed by atoms with van der Waals surface area (Å²) in [6, 6.07) is 15.6. The van der Waals surface area contributed by atoms with E-state index < -0.39 is 0 Å². The maximum absolute atomic E-state index is 13.3. The summed E-state index contributed by atoms with van der Waals surface area (Å²) in [6.07, 6.45) is 4.39. The summed E-state index contributed by atoms with van der Waals surface area (Å²) in [5.74, 6) is -0.447. The van der Waals surface area contributed by atoms with Crippen LogP contribution in [0.4, 0.5) is 4.39 Å². The fourth-order valence-electron chi connectivity index (χ4n) is 3.47. The molecule has 2 heterocycles. The van der Waals surface area contributed by atoms with Gasteiger partial charge in [0.2, 0.25) is 0 Å². The minimum atomic E-state index is -0.288. The Kier molecular flexibility index (Phi) is 6.01. The predicted molar refractivity (Wildman–Crippen MR) is 123 cm³/mol. The third kappa shape index (κ3) is 4.18. The van der Waals surface area contributed by atoms with Crippen LogP contribution in [0.15, 0.2) is 76.1 Å². The van der Waals surface area contributed by atoms with Gasteiger partial charge in [0.05, 0.1) is 11.6 Å². The Bertz CT molecular complexity index is 1200. The van der Waals surface area contributed by atoms with Crippen molar-refractivity contribution in [1.82, 2.24) is 14.9 Å². The molecule has 0 aliphatic rings. The Morgan fingerprint density at radius 3 is 2.57 bits per heavy atom. The number of hydrogen-bond acceptors (Lipinski definition) is 2.